The van der Waals surface area contributed by atoms with Crippen LogP contribution in [-0.4, -0.2) is 12.5 Å². The lowest BCUT2D eigenvalue weighted by molar-refractivity contribution is 0.0954. The second-order valence-corrected chi connectivity index (χ2v) is 5.94. The van der Waals surface area contributed by atoms with Gasteiger partial charge < -0.3 is 5.32 Å². The molecule has 4 heteroatoms. The van der Waals surface area contributed by atoms with Gasteiger partial charge in [-0.25, -0.2) is 0 Å². The fourth-order valence-corrected chi connectivity index (χ4v) is 2.60. The summed E-state index contributed by atoms with van der Waals surface area (Å²) in [4.78, 5) is 13.2. The summed E-state index contributed by atoms with van der Waals surface area (Å²) in [6, 6.07) is 9.74. The summed E-state index contributed by atoms with van der Waals surface area (Å²) in [6.45, 7) is 2.65. The molecule has 0 saturated carbocycles. The van der Waals surface area contributed by atoms with Gasteiger partial charge in [-0.3, -0.25) is 4.79 Å². The Bertz CT molecular complexity index is 537. The van der Waals surface area contributed by atoms with Crippen molar-refractivity contribution < 1.29 is 4.79 Å². The van der Waals surface area contributed by atoms with Crippen molar-refractivity contribution in [3.63, 3.8) is 0 Å². The third-order valence-corrected chi connectivity index (χ3v) is 4.48. The van der Waals surface area contributed by atoms with Gasteiger partial charge in [0.2, 0.25) is 0 Å². The average Bonchev–Trinajstić information content (AvgIpc) is 2.85. The van der Waals surface area contributed by atoms with E-state index >= 15 is 0 Å². The van der Waals surface area contributed by atoms with Crippen LogP contribution in [0.15, 0.2) is 40.2 Å². The fourth-order valence-electron chi connectivity index (χ4n) is 1.64. The van der Waals surface area contributed by atoms with E-state index < -0.39 is 0 Å². The van der Waals surface area contributed by atoms with E-state index in [1.54, 1.807) is 11.3 Å². The summed E-state index contributed by atoms with van der Waals surface area (Å²) >= 11 is 5.14. The van der Waals surface area contributed by atoms with Gasteiger partial charge in [0.25, 0.3) is 5.91 Å². The standard InChI is InChI=1S/C14H14BrNOS/c1-10-9-11(4-5-13(10)15)14(17)16-7-6-12-3-2-8-18-12/h2-5,8-9H,6-7H2,1H3,(H,16,17). The van der Waals surface area contributed by atoms with E-state index in [4.69, 9.17) is 0 Å². The molecule has 0 spiro atoms. The van der Waals surface area contributed by atoms with Crippen molar-refractivity contribution in [2.45, 2.75) is 13.3 Å². The van der Waals surface area contributed by atoms with Crippen molar-refractivity contribution in [2.75, 3.05) is 6.54 Å². The zero-order valence-corrected chi connectivity index (χ0v) is 12.5. The number of aryl methyl sites for hydroxylation is 1. The molecule has 1 aromatic heterocycles. The summed E-state index contributed by atoms with van der Waals surface area (Å²) in [5.41, 5.74) is 1.78. The van der Waals surface area contributed by atoms with Crippen LogP contribution in [0.3, 0.4) is 0 Å². The number of halogens is 1. The van der Waals surface area contributed by atoms with E-state index in [1.807, 2.05) is 31.2 Å². The Morgan fingerprint density at radius 2 is 2.22 bits per heavy atom. The average molecular weight is 324 g/mol. The summed E-state index contributed by atoms with van der Waals surface area (Å²) in [5, 5.41) is 4.99. The summed E-state index contributed by atoms with van der Waals surface area (Å²) in [7, 11) is 0. The molecule has 2 aromatic rings. The maximum Gasteiger partial charge on any atom is 0.251 e. The Morgan fingerprint density at radius 1 is 1.39 bits per heavy atom. The minimum atomic E-state index is -0.0119. The van der Waals surface area contributed by atoms with Crippen LogP contribution in [0.1, 0.15) is 20.8 Å². The highest BCUT2D eigenvalue weighted by Gasteiger charge is 2.06. The van der Waals surface area contributed by atoms with Crippen LogP contribution in [0.5, 0.6) is 0 Å². The maximum absolute atomic E-state index is 11.9. The predicted molar refractivity (Wildman–Crippen MR) is 79.2 cm³/mol. The van der Waals surface area contributed by atoms with E-state index in [2.05, 4.69) is 32.7 Å². The van der Waals surface area contributed by atoms with Gasteiger partial charge in [-0.15, -0.1) is 11.3 Å². The SMILES string of the molecule is Cc1cc(C(=O)NCCc2cccs2)ccc1Br. The van der Waals surface area contributed by atoms with Crippen LogP contribution in [0.2, 0.25) is 0 Å². The van der Waals surface area contributed by atoms with Crippen molar-refractivity contribution in [3.8, 4) is 0 Å². The van der Waals surface area contributed by atoms with Crippen LogP contribution >= 0.6 is 27.3 Å². The molecule has 0 radical (unpaired) electrons. The van der Waals surface area contributed by atoms with Crippen molar-refractivity contribution in [1.29, 1.82) is 0 Å². The molecule has 2 nitrogen and oxygen atoms in total. The predicted octanol–water partition coefficient (Wildman–Crippen LogP) is 3.79. The van der Waals surface area contributed by atoms with Gasteiger partial charge in [0.1, 0.15) is 0 Å². The zero-order valence-electron chi connectivity index (χ0n) is 10.1. The molecular weight excluding hydrogens is 310 g/mol. The number of carbonyl (C=O) groups excluding carboxylic acids is 1. The Labute approximate surface area is 119 Å². The molecule has 0 aliphatic carbocycles. The Balaban J connectivity index is 1.89. The van der Waals surface area contributed by atoms with E-state index in [-0.39, 0.29) is 5.91 Å². The highest BCUT2D eigenvalue weighted by Crippen LogP contribution is 2.17. The van der Waals surface area contributed by atoms with Gasteiger partial charge in [0.15, 0.2) is 0 Å². The first kappa shape index (κ1) is 13.3. The Morgan fingerprint density at radius 3 is 2.89 bits per heavy atom. The molecule has 2 rings (SSSR count). The molecule has 0 saturated heterocycles. The smallest absolute Gasteiger partial charge is 0.251 e. The first-order valence-electron chi connectivity index (χ1n) is 5.73. The summed E-state index contributed by atoms with van der Waals surface area (Å²) in [5.74, 6) is -0.0119. The Kier molecular flexibility index (Phi) is 4.55. The minimum Gasteiger partial charge on any atom is -0.352 e. The zero-order chi connectivity index (χ0) is 13.0. The lowest BCUT2D eigenvalue weighted by atomic mass is 10.1. The molecule has 0 bridgehead atoms. The summed E-state index contributed by atoms with van der Waals surface area (Å²) in [6.07, 6.45) is 0.888. The first-order valence-corrected chi connectivity index (χ1v) is 7.41. The second-order valence-electron chi connectivity index (χ2n) is 4.05. The highest BCUT2D eigenvalue weighted by atomic mass is 79.9. The molecule has 1 aromatic carbocycles. The molecule has 0 unspecified atom stereocenters. The number of benzene rings is 1. The number of carbonyl (C=O) groups is 1. The lowest BCUT2D eigenvalue weighted by Crippen LogP contribution is -2.25. The topological polar surface area (TPSA) is 29.1 Å². The van der Waals surface area contributed by atoms with Gasteiger partial charge in [-0.2, -0.15) is 0 Å². The monoisotopic (exact) mass is 323 g/mol. The van der Waals surface area contributed by atoms with E-state index in [9.17, 15) is 4.79 Å². The van der Waals surface area contributed by atoms with Gasteiger partial charge in [-0.1, -0.05) is 22.0 Å². The number of rotatable bonds is 4. The Hall–Kier alpha value is -1.13. The third kappa shape index (κ3) is 3.43. The fraction of sp³-hybridized carbons (Fsp3) is 0.214. The van der Waals surface area contributed by atoms with E-state index in [0.29, 0.717) is 12.1 Å². The number of thiophene rings is 1. The maximum atomic E-state index is 11.9. The van der Waals surface area contributed by atoms with Crippen LogP contribution in [0, 0.1) is 6.92 Å². The van der Waals surface area contributed by atoms with E-state index in [0.717, 1.165) is 16.5 Å². The largest absolute Gasteiger partial charge is 0.352 e. The molecular formula is C14H14BrNOS. The quantitative estimate of drug-likeness (QED) is 0.911. The molecule has 1 heterocycles. The van der Waals surface area contributed by atoms with Gasteiger partial charge in [0.05, 0.1) is 0 Å². The van der Waals surface area contributed by atoms with Gasteiger partial charge in [0, 0.05) is 21.5 Å². The van der Waals surface area contributed by atoms with Crippen LogP contribution < -0.4 is 5.32 Å². The number of amides is 1. The van der Waals surface area contributed by atoms with Crippen molar-refractivity contribution in [1.82, 2.24) is 5.32 Å². The van der Waals surface area contributed by atoms with Gasteiger partial charge >= 0.3 is 0 Å². The normalized spacial score (nSPS) is 10.3. The van der Waals surface area contributed by atoms with Crippen LogP contribution in [-0.2, 0) is 6.42 Å². The second kappa shape index (κ2) is 6.16. The number of nitrogens with one attached hydrogen (secondary N) is 1. The number of hydrogen-bond donors (Lipinski definition) is 1. The van der Waals surface area contributed by atoms with Crippen molar-refractivity contribution in [3.05, 3.63) is 56.2 Å². The lowest BCUT2D eigenvalue weighted by Gasteiger charge is -2.06. The molecule has 1 N–H and O–H groups in total. The van der Waals surface area contributed by atoms with Crippen molar-refractivity contribution >= 4 is 33.2 Å². The van der Waals surface area contributed by atoms with Crippen LogP contribution in [0.25, 0.3) is 0 Å². The van der Waals surface area contributed by atoms with Gasteiger partial charge in [-0.05, 0) is 48.6 Å². The van der Waals surface area contributed by atoms with Crippen LogP contribution in [0.4, 0.5) is 0 Å². The highest BCUT2D eigenvalue weighted by molar-refractivity contribution is 9.10. The number of hydrogen-bond acceptors (Lipinski definition) is 2. The third-order valence-electron chi connectivity index (χ3n) is 2.66. The molecule has 18 heavy (non-hydrogen) atoms. The van der Waals surface area contributed by atoms with Crippen molar-refractivity contribution in [2.24, 2.45) is 0 Å². The first-order chi connectivity index (χ1) is 8.66. The molecule has 1 amide bonds. The minimum absolute atomic E-state index is 0.0119. The summed E-state index contributed by atoms with van der Waals surface area (Å²) < 4.78 is 1.03. The molecule has 0 aliphatic heterocycles. The molecule has 0 atom stereocenters. The molecule has 94 valence electrons. The molecule has 0 aliphatic rings. The van der Waals surface area contributed by atoms with E-state index in [1.165, 1.54) is 4.88 Å². The molecule has 0 fully saturated rings.